The van der Waals surface area contributed by atoms with Crippen molar-refractivity contribution in [1.82, 2.24) is 5.32 Å². The summed E-state index contributed by atoms with van der Waals surface area (Å²) in [6, 6.07) is 6.10. The van der Waals surface area contributed by atoms with Gasteiger partial charge in [0, 0.05) is 13.5 Å². The second-order valence-corrected chi connectivity index (χ2v) is 3.57. The third kappa shape index (κ3) is 6.50. The molecular weight excluding hydrogens is 264 g/mol. The number of nitrogens with one attached hydrogen (secondary N) is 1. The van der Waals surface area contributed by atoms with Gasteiger partial charge in [-0.3, -0.25) is 14.4 Å². The number of aliphatic hydroxyl groups excluding tert-OH is 1. The number of amides is 2. The fraction of sp³-hybridized carbons (Fsp3) is 0.308. The summed E-state index contributed by atoms with van der Waals surface area (Å²) in [4.78, 5) is 31.5. The lowest BCUT2D eigenvalue weighted by Crippen LogP contribution is -2.42. The lowest BCUT2D eigenvalue weighted by atomic mass is 10.1. The Labute approximate surface area is 116 Å². The number of primary amides is 1. The van der Waals surface area contributed by atoms with Crippen molar-refractivity contribution in [3.63, 3.8) is 0 Å². The Balaban J connectivity index is 0.00000172. The van der Waals surface area contributed by atoms with Crippen molar-refractivity contribution < 1.29 is 24.2 Å². The van der Waals surface area contributed by atoms with Gasteiger partial charge in [-0.05, 0) is 17.7 Å². The summed E-state index contributed by atoms with van der Waals surface area (Å²) < 4.78 is 5.08. The second-order valence-electron chi connectivity index (χ2n) is 3.57. The molecule has 0 heterocycles. The van der Waals surface area contributed by atoms with Gasteiger partial charge in [0.25, 0.3) is 0 Å². The molecule has 0 spiro atoms. The molecule has 0 saturated heterocycles. The van der Waals surface area contributed by atoms with Crippen molar-refractivity contribution in [1.29, 1.82) is 0 Å². The summed E-state index contributed by atoms with van der Waals surface area (Å²) in [7, 11) is 1.00. The Morgan fingerprint density at radius 3 is 2.40 bits per heavy atom. The molecule has 0 fully saturated rings. The molecule has 0 radical (unpaired) electrons. The minimum absolute atomic E-state index is 0.00401. The molecule has 0 aliphatic heterocycles. The highest BCUT2D eigenvalue weighted by molar-refractivity contribution is 5.82. The van der Waals surface area contributed by atoms with Crippen LogP contribution < -0.4 is 15.8 Å². The van der Waals surface area contributed by atoms with Crippen LogP contribution >= 0.6 is 0 Å². The zero-order chi connectivity index (χ0) is 15.4. The minimum Gasteiger partial charge on any atom is -0.486 e. The summed E-state index contributed by atoms with van der Waals surface area (Å²) in [6.07, 6.45) is 1.41. The molecule has 7 heteroatoms. The number of hydrogen-bond donors (Lipinski definition) is 3. The molecule has 0 aromatic heterocycles. The number of ether oxygens (including phenoxy) is 1. The van der Waals surface area contributed by atoms with Gasteiger partial charge in [0.15, 0.2) is 6.29 Å². The summed E-state index contributed by atoms with van der Waals surface area (Å²) in [6.45, 7) is -0.00401. The van der Waals surface area contributed by atoms with Crippen LogP contribution in [0.3, 0.4) is 0 Å². The van der Waals surface area contributed by atoms with Crippen molar-refractivity contribution in [2.24, 2.45) is 5.73 Å². The maximum Gasteiger partial charge on any atom is 0.240 e. The predicted octanol–water partition coefficient (Wildman–Crippen LogP) is -0.985. The number of carbonyl (C=O) groups excluding carboxylic acids is 3. The highest BCUT2D eigenvalue weighted by atomic mass is 16.5. The van der Waals surface area contributed by atoms with E-state index in [0.717, 1.165) is 12.7 Å². The number of hydrogen-bond acceptors (Lipinski definition) is 5. The van der Waals surface area contributed by atoms with Crippen LogP contribution in [-0.4, -0.2) is 43.5 Å². The molecule has 1 atom stereocenters. The van der Waals surface area contributed by atoms with Gasteiger partial charge in [0.05, 0.1) is 0 Å². The van der Waals surface area contributed by atoms with Crippen molar-refractivity contribution in [3.8, 4) is 5.75 Å². The summed E-state index contributed by atoms with van der Waals surface area (Å²) in [5.74, 6) is -0.0341. The van der Waals surface area contributed by atoms with E-state index in [1.807, 2.05) is 0 Å². The van der Waals surface area contributed by atoms with E-state index in [2.05, 4.69) is 5.32 Å². The summed E-state index contributed by atoms with van der Waals surface area (Å²) in [5, 5.41) is 9.35. The molecule has 7 nitrogen and oxygen atoms in total. The normalized spacial score (nSPS) is 10.5. The maximum atomic E-state index is 11.0. The fourth-order valence-electron chi connectivity index (χ4n) is 1.41. The van der Waals surface area contributed by atoms with Crippen molar-refractivity contribution >= 4 is 18.6 Å². The van der Waals surface area contributed by atoms with E-state index in [-0.39, 0.29) is 6.61 Å². The predicted molar refractivity (Wildman–Crippen MR) is 72.0 cm³/mol. The monoisotopic (exact) mass is 282 g/mol. The van der Waals surface area contributed by atoms with Crippen LogP contribution in [0.25, 0.3) is 0 Å². The lowest BCUT2D eigenvalue weighted by Gasteiger charge is -2.12. The quantitative estimate of drug-likeness (QED) is 0.529. The van der Waals surface area contributed by atoms with Gasteiger partial charge in [-0.15, -0.1) is 0 Å². The molecule has 4 N–H and O–H groups in total. The van der Waals surface area contributed by atoms with E-state index in [1.165, 1.54) is 0 Å². The van der Waals surface area contributed by atoms with E-state index in [0.29, 0.717) is 24.9 Å². The molecule has 1 aromatic carbocycles. The number of aliphatic hydroxyl groups is 1. The molecule has 0 bridgehead atoms. The average Bonchev–Trinajstić information content (AvgIpc) is 2.48. The fourth-order valence-corrected chi connectivity index (χ4v) is 1.41. The molecule has 20 heavy (non-hydrogen) atoms. The molecule has 0 aliphatic rings. The molecular formula is C13H18N2O5. The number of benzene rings is 1. The number of rotatable bonds is 8. The SMILES string of the molecule is CO.NC(=O)[C@H](Cc1ccc(OCC=O)cc1)NC=O. The third-order valence-electron chi connectivity index (χ3n) is 2.29. The number of aldehydes is 1. The van der Waals surface area contributed by atoms with Gasteiger partial charge in [0.1, 0.15) is 18.4 Å². The van der Waals surface area contributed by atoms with Crippen LogP contribution in [-0.2, 0) is 20.8 Å². The molecule has 0 aliphatic carbocycles. The van der Waals surface area contributed by atoms with E-state index in [1.54, 1.807) is 24.3 Å². The van der Waals surface area contributed by atoms with Crippen molar-refractivity contribution in [3.05, 3.63) is 29.8 Å². The number of nitrogens with two attached hydrogens (primary N) is 1. The van der Waals surface area contributed by atoms with Crippen LogP contribution in [0.5, 0.6) is 5.75 Å². The Morgan fingerprint density at radius 2 is 1.95 bits per heavy atom. The highest BCUT2D eigenvalue weighted by Crippen LogP contribution is 2.13. The highest BCUT2D eigenvalue weighted by Gasteiger charge is 2.14. The van der Waals surface area contributed by atoms with Crippen molar-refractivity contribution in [2.45, 2.75) is 12.5 Å². The standard InChI is InChI=1S/C12H14N2O4.CH4O/c13-12(17)11(14-8-16)7-9-1-3-10(4-2-9)18-6-5-15;1-2/h1-5,8,11H,6-7H2,(H2,13,17)(H,14,16);2H,1H3/t11-;/m0./s1. The van der Waals surface area contributed by atoms with Gasteiger partial charge in [-0.2, -0.15) is 0 Å². The van der Waals surface area contributed by atoms with Crippen LogP contribution in [0.2, 0.25) is 0 Å². The Bertz CT molecular complexity index is 419. The van der Waals surface area contributed by atoms with E-state index >= 15 is 0 Å². The zero-order valence-electron chi connectivity index (χ0n) is 11.1. The van der Waals surface area contributed by atoms with E-state index < -0.39 is 11.9 Å². The first kappa shape index (κ1) is 17.6. The van der Waals surface area contributed by atoms with Crippen molar-refractivity contribution in [2.75, 3.05) is 13.7 Å². The smallest absolute Gasteiger partial charge is 0.240 e. The van der Waals surface area contributed by atoms with Gasteiger partial charge >= 0.3 is 0 Å². The van der Waals surface area contributed by atoms with Crippen LogP contribution in [0.15, 0.2) is 24.3 Å². The molecule has 0 saturated carbocycles. The first-order valence-electron chi connectivity index (χ1n) is 5.76. The second kappa shape index (κ2) is 10.5. The Hall–Kier alpha value is -2.41. The molecule has 1 aromatic rings. The average molecular weight is 282 g/mol. The number of carbonyl (C=O) groups is 3. The van der Waals surface area contributed by atoms with Gasteiger partial charge in [-0.25, -0.2) is 0 Å². The van der Waals surface area contributed by atoms with Crippen LogP contribution in [0, 0.1) is 0 Å². The van der Waals surface area contributed by atoms with Crippen LogP contribution in [0.1, 0.15) is 5.56 Å². The molecule has 110 valence electrons. The third-order valence-corrected chi connectivity index (χ3v) is 2.29. The lowest BCUT2D eigenvalue weighted by molar-refractivity contribution is -0.122. The molecule has 0 unspecified atom stereocenters. The summed E-state index contributed by atoms with van der Waals surface area (Å²) >= 11 is 0. The van der Waals surface area contributed by atoms with E-state index in [4.69, 9.17) is 15.6 Å². The van der Waals surface area contributed by atoms with Crippen LogP contribution in [0.4, 0.5) is 0 Å². The first-order valence-corrected chi connectivity index (χ1v) is 5.76. The Kier molecular flexibility index (Phi) is 9.24. The largest absolute Gasteiger partial charge is 0.486 e. The maximum absolute atomic E-state index is 11.0. The Morgan fingerprint density at radius 1 is 1.35 bits per heavy atom. The summed E-state index contributed by atoms with van der Waals surface area (Å²) in [5.41, 5.74) is 5.97. The zero-order valence-corrected chi connectivity index (χ0v) is 11.1. The van der Waals surface area contributed by atoms with Gasteiger partial charge in [-0.1, -0.05) is 12.1 Å². The first-order chi connectivity index (χ1) is 9.67. The van der Waals surface area contributed by atoms with Gasteiger partial charge in [0.2, 0.25) is 12.3 Å². The molecule has 1 rings (SSSR count). The topological polar surface area (TPSA) is 119 Å². The molecule has 2 amide bonds. The van der Waals surface area contributed by atoms with E-state index in [9.17, 15) is 14.4 Å². The minimum atomic E-state index is -0.732. The van der Waals surface area contributed by atoms with Gasteiger partial charge < -0.3 is 20.9 Å².